The summed E-state index contributed by atoms with van der Waals surface area (Å²) in [6.07, 6.45) is 0. The molecule has 1 rings (SSSR count). The van der Waals surface area contributed by atoms with Crippen LogP contribution in [-0.2, 0) is 4.74 Å². The molecule has 1 aromatic heterocycles. The highest BCUT2D eigenvalue weighted by atomic mass is 16.5. The normalized spacial score (nSPS) is 12.6. The van der Waals surface area contributed by atoms with Gasteiger partial charge in [-0.05, 0) is 19.1 Å². The molecule has 0 radical (unpaired) electrons. The van der Waals surface area contributed by atoms with Crippen LogP contribution in [0, 0.1) is 0 Å². The van der Waals surface area contributed by atoms with Gasteiger partial charge in [0, 0.05) is 6.54 Å². The number of carboxylic acid groups (broad SMARTS) is 1. The molecule has 1 atom stereocenters. The lowest BCUT2D eigenvalue weighted by molar-refractivity contribution is 0.0659. The molecule has 1 aromatic rings. The number of nitrogens with one attached hydrogen (secondary N) is 1. The highest BCUT2D eigenvalue weighted by molar-refractivity contribution is 5.84. The van der Waals surface area contributed by atoms with Gasteiger partial charge < -0.3 is 24.7 Å². The first kappa shape index (κ1) is 13.7. The zero-order valence-electron chi connectivity index (χ0n) is 9.68. The van der Waals surface area contributed by atoms with Gasteiger partial charge >= 0.3 is 5.97 Å². The van der Waals surface area contributed by atoms with Crippen LogP contribution in [0.1, 0.15) is 29.3 Å². The molecule has 0 spiro atoms. The predicted octanol–water partition coefficient (Wildman–Crippen LogP) is 0.637. The monoisotopic (exact) mass is 243 g/mol. The van der Waals surface area contributed by atoms with Gasteiger partial charge in [-0.2, -0.15) is 0 Å². The van der Waals surface area contributed by atoms with Crippen molar-refractivity contribution >= 4 is 5.97 Å². The van der Waals surface area contributed by atoms with Crippen LogP contribution in [0.3, 0.4) is 0 Å². The van der Waals surface area contributed by atoms with Gasteiger partial charge in [-0.1, -0.05) is 0 Å². The van der Waals surface area contributed by atoms with Crippen LogP contribution < -0.4 is 5.32 Å². The summed E-state index contributed by atoms with van der Waals surface area (Å²) in [4.78, 5) is 10.6. The van der Waals surface area contributed by atoms with Gasteiger partial charge in [0.1, 0.15) is 5.76 Å². The van der Waals surface area contributed by atoms with Crippen molar-refractivity contribution in [2.24, 2.45) is 0 Å². The van der Waals surface area contributed by atoms with Gasteiger partial charge in [0.25, 0.3) is 0 Å². The number of aliphatic hydroxyl groups excluding tert-OH is 1. The Kier molecular flexibility index (Phi) is 5.68. The molecule has 0 fully saturated rings. The number of ether oxygens (including phenoxy) is 1. The van der Waals surface area contributed by atoms with Crippen LogP contribution in [0.2, 0.25) is 0 Å². The van der Waals surface area contributed by atoms with E-state index in [1.54, 1.807) is 6.07 Å². The van der Waals surface area contributed by atoms with E-state index in [4.69, 9.17) is 19.4 Å². The Hall–Kier alpha value is -1.37. The summed E-state index contributed by atoms with van der Waals surface area (Å²) in [5.74, 6) is -0.565. The van der Waals surface area contributed by atoms with E-state index in [-0.39, 0.29) is 18.4 Å². The minimum Gasteiger partial charge on any atom is -0.475 e. The van der Waals surface area contributed by atoms with Gasteiger partial charge in [0.05, 0.1) is 25.9 Å². The van der Waals surface area contributed by atoms with E-state index in [1.165, 1.54) is 6.07 Å². The maximum atomic E-state index is 10.6. The molecule has 1 unspecified atom stereocenters. The van der Waals surface area contributed by atoms with E-state index < -0.39 is 5.97 Å². The summed E-state index contributed by atoms with van der Waals surface area (Å²) in [5, 5.41) is 20.3. The van der Waals surface area contributed by atoms with Crippen LogP contribution in [0.15, 0.2) is 16.5 Å². The number of hydrogen-bond donors (Lipinski definition) is 3. The Morgan fingerprint density at radius 1 is 1.53 bits per heavy atom. The molecule has 6 heteroatoms. The molecule has 3 N–H and O–H groups in total. The lowest BCUT2D eigenvalue weighted by atomic mass is 10.2. The maximum Gasteiger partial charge on any atom is 0.371 e. The fraction of sp³-hybridized carbons (Fsp3) is 0.545. The molecule has 0 aliphatic rings. The van der Waals surface area contributed by atoms with Crippen LogP contribution in [0.25, 0.3) is 0 Å². The van der Waals surface area contributed by atoms with Crippen molar-refractivity contribution in [3.8, 4) is 0 Å². The summed E-state index contributed by atoms with van der Waals surface area (Å²) in [7, 11) is 0. The van der Waals surface area contributed by atoms with Crippen LogP contribution in [-0.4, -0.2) is 42.5 Å². The standard InChI is InChI=1S/C11H17NO5/c1-8(12-4-6-16-7-5-13)9-2-3-10(17-9)11(14)15/h2-3,8,12-13H,4-7H2,1H3,(H,14,15). The maximum absolute atomic E-state index is 10.6. The van der Waals surface area contributed by atoms with Gasteiger partial charge in [-0.15, -0.1) is 0 Å². The first-order valence-electron chi connectivity index (χ1n) is 5.40. The van der Waals surface area contributed by atoms with E-state index in [0.717, 1.165) is 0 Å². The summed E-state index contributed by atoms with van der Waals surface area (Å²) in [6.45, 7) is 3.29. The first-order chi connectivity index (χ1) is 8.15. The quantitative estimate of drug-likeness (QED) is 0.580. The summed E-state index contributed by atoms with van der Waals surface area (Å²) < 4.78 is 10.2. The van der Waals surface area contributed by atoms with Gasteiger partial charge in [0.2, 0.25) is 5.76 Å². The lowest BCUT2D eigenvalue weighted by Crippen LogP contribution is -2.23. The third-order valence-electron chi connectivity index (χ3n) is 2.20. The largest absolute Gasteiger partial charge is 0.475 e. The van der Waals surface area contributed by atoms with E-state index in [2.05, 4.69) is 5.32 Å². The number of carboxylic acids is 1. The Labute approximate surface area is 99.2 Å². The van der Waals surface area contributed by atoms with Gasteiger partial charge in [-0.25, -0.2) is 4.79 Å². The SMILES string of the molecule is CC(NCCOCCO)c1ccc(C(=O)O)o1. The van der Waals surface area contributed by atoms with Crippen molar-refractivity contribution in [1.29, 1.82) is 0 Å². The average molecular weight is 243 g/mol. The zero-order chi connectivity index (χ0) is 12.7. The molecule has 0 aliphatic heterocycles. The first-order valence-corrected chi connectivity index (χ1v) is 5.40. The second-order valence-corrected chi connectivity index (χ2v) is 3.52. The Bertz CT molecular complexity index is 349. The number of hydrogen-bond acceptors (Lipinski definition) is 5. The van der Waals surface area contributed by atoms with Crippen molar-refractivity contribution in [3.05, 3.63) is 23.7 Å². The molecule has 0 aromatic carbocycles. The third-order valence-corrected chi connectivity index (χ3v) is 2.20. The van der Waals surface area contributed by atoms with Crippen molar-refractivity contribution in [2.45, 2.75) is 13.0 Å². The van der Waals surface area contributed by atoms with E-state index in [1.807, 2.05) is 6.92 Å². The van der Waals surface area contributed by atoms with Crippen molar-refractivity contribution in [1.82, 2.24) is 5.32 Å². The molecule has 0 saturated heterocycles. The molecule has 1 heterocycles. The highest BCUT2D eigenvalue weighted by Crippen LogP contribution is 2.15. The molecule has 0 aliphatic carbocycles. The number of rotatable bonds is 8. The number of aliphatic hydroxyl groups is 1. The van der Waals surface area contributed by atoms with E-state index >= 15 is 0 Å². The molecule has 0 bridgehead atoms. The number of aromatic carboxylic acids is 1. The zero-order valence-corrected chi connectivity index (χ0v) is 9.68. The fourth-order valence-electron chi connectivity index (χ4n) is 1.32. The van der Waals surface area contributed by atoms with Crippen LogP contribution in [0.5, 0.6) is 0 Å². The topological polar surface area (TPSA) is 91.9 Å². The van der Waals surface area contributed by atoms with Crippen LogP contribution in [0.4, 0.5) is 0 Å². The average Bonchev–Trinajstić information content (AvgIpc) is 2.78. The molecular formula is C11H17NO5. The van der Waals surface area contributed by atoms with Gasteiger partial charge in [-0.3, -0.25) is 0 Å². The minimum atomic E-state index is -1.07. The Balaban J connectivity index is 2.31. The summed E-state index contributed by atoms with van der Waals surface area (Å²) >= 11 is 0. The summed E-state index contributed by atoms with van der Waals surface area (Å²) in [5.41, 5.74) is 0. The molecule has 0 amide bonds. The Morgan fingerprint density at radius 3 is 2.88 bits per heavy atom. The fourth-order valence-corrected chi connectivity index (χ4v) is 1.32. The highest BCUT2D eigenvalue weighted by Gasteiger charge is 2.13. The number of carbonyl (C=O) groups is 1. The molecular weight excluding hydrogens is 226 g/mol. The predicted molar refractivity (Wildman–Crippen MR) is 60.0 cm³/mol. The molecule has 17 heavy (non-hydrogen) atoms. The lowest BCUT2D eigenvalue weighted by Gasteiger charge is -2.11. The smallest absolute Gasteiger partial charge is 0.371 e. The second-order valence-electron chi connectivity index (χ2n) is 3.52. The number of furan rings is 1. The van der Waals surface area contributed by atoms with Crippen LogP contribution >= 0.6 is 0 Å². The Morgan fingerprint density at radius 2 is 2.29 bits per heavy atom. The second kappa shape index (κ2) is 7.05. The van der Waals surface area contributed by atoms with Crippen molar-refractivity contribution < 1.29 is 24.2 Å². The van der Waals surface area contributed by atoms with Crippen molar-refractivity contribution in [3.63, 3.8) is 0 Å². The van der Waals surface area contributed by atoms with Crippen molar-refractivity contribution in [2.75, 3.05) is 26.4 Å². The third kappa shape index (κ3) is 4.56. The molecule has 6 nitrogen and oxygen atoms in total. The van der Waals surface area contributed by atoms with E-state index in [0.29, 0.717) is 25.5 Å². The minimum absolute atomic E-state index is 0.00963. The summed E-state index contributed by atoms with van der Waals surface area (Å²) in [6, 6.07) is 2.98. The van der Waals surface area contributed by atoms with Gasteiger partial charge in [0.15, 0.2) is 0 Å². The molecule has 0 saturated carbocycles. The van der Waals surface area contributed by atoms with E-state index in [9.17, 15) is 4.79 Å². The molecule has 96 valence electrons.